The van der Waals surface area contributed by atoms with E-state index < -0.39 is 0 Å². The van der Waals surface area contributed by atoms with E-state index in [2.05, 4.69) is 47.6 Å². The Morgan fingerprint density at radius 3 is 2.70 bits per heavy atom. The Labute approximate surface area is 137 Å². The van der Waals surface area contributed by atoms with Gasteiger partial charge in [0, 0.05) is 20.8 Å². The first kappa shape index (κ1) is 15.2. The molecule has 1 aromatic carbocycles. The molecule has 104 valence electrons. The van der Waals surface area contributed by atoms with Crippen LogP contribution in [0.3, 0.4) is 0 Å². The minimum atomic E-state index is -0.332. The number of carbonyl (C=O) groups excluding carboxylic acids is 1. The summed E-state index contributed by atoms with van der Waals surface area (Å²) in [5.74, 6) is 5.30. The molecular weight excluding hydrogens is 411 g/mol. The molecule has 1 amide bonds. The summed E-state index contributed by atoms with van der Waals surface area (Å²) in [5, 5.41) is 3.31. The summed E-state index contributed by atoms with van der Waals surface area (Å²) in [6, 6.07) is 6.72. The number of aromatic nitrogens is 1. The summed E-state index contributed by atoms with van der Waals surface area (Å²) in [7, 11) is 0. The van der Waals surface area contributed by atoms with Gasteiger partial charge in [-0.15, -0.1) is 0 Å². The molecule has 2 rings (SSSR count). The van der Waals surface area contributed by atoms with Crippen molar-refractivity contribution in [1.29, 1.82) is 0 Å². The van der Waals surface area contributed by atoms with Crippen molar-refractivity contribution >= 4 is 60.9 Å². The molecule has 0 aliphatic rings. The van der Waals surface area contributed by atoms with E-state index in [4.69, 9.17) is 17.4 Å². The summed E-state index contributed by atoms with van der Waals surface area (Å²) >= 11 is 12.5. The van der Waals surface area contributed by atoms with E-state index in [1.807, 2.05) is 0 Å². The third-order valence-corrected chi connectivity index (χ3v) is 4.06. The first-order chi connectivity index (χ1) is 9.51. The van der Waals surface area contributed by atoms with Crippen LogP contribution in [-0.4, -0.2) is 10.9 Å². The van der Waals surface area contributed by atoms with E-state index in [9.17, 15) is 4.79 Å². The summed E-state index contributed by atoms with van der Waals surface area (Å²) in [6.45, 7) is 0. The molecule has 1 heterocycles. The van der Waals surface area contributed by atoms with Crippen LogP contribution in [0.15, 0.2) is 39.4 Å². The zero-order valence-electron chi connectivity index (χ0n) is 9.95. The van der Waals surface area contributed by atoms with Gasteiger partial charge >= 0.3 is 0 Å². The first-order valence-corrected chi connectivity index (χ1v) is 7.36. The molecular formula is C12H9Br2ClN4O. The highest BCUT2D eigenvalue weighted by atomic mass is 79.9. The van der Waals surface area contributed by atoms with Crippen molar-refractivity contribution in [1.82, 2.24) is 4.98 Å². The number of pyridine rings is 1. The molecule has 0 radical (unpaired) electrons. The molecule has 0 aliphatic heterocycles. The first-order valence-electron chi connectivity index (χ1n) is 5.40. The number of nitrogens with two attached hydrogens (primary N) is 1. The Kier molecular flexibility index (Phi) is 4.98. The predicted octanol–water partition coefficient (Wildman–Crippen LogP) is 3.80. The smallest absolute Gasteiger partial charge is 0.259 e. The molecule has 0 spiro atoms. The topological polar surface area (TPSA) is 80.0 Å². The van der Waals surface area contributed by atoms with Crippen LogP contribution in [0.2, 0.25) is 5.02 Å². The van der Waals surface area contributed by atoms with Gasteiger partial charge in [-0.05, 0) is 56.1 Å². The van der Waals surface area contributed by atoms with Crippen LogP contribution in [0.1, 0.15) is 10.4 Å². The molecule has 20 heavy (non-hydrogen) atoms. The molecule has 8 heteroatoms. The zero-order chi connectivity index (χ0) is 14.7. The molecule has 0 fully saturated rings. The van der Waals surface area contributed by atoms with Gasteiger partial charge in [-0.2, -0.15) is 0 Å². The summed E-state index contributed by atoms with van der Waals surface area (Å²) in [5.41, 5.74) is 3.32. The lowest BCUT2D eigenvalue weighted by molar-refractivity contribution is 0.102. The molecule has 5 nitrogen and oxygen atoms in total. The molecule has 0 bridgehead atoms. The molecule has 4 N–H and O–H groups in total. The van der Waals surface area contributed by atoms with Crippen molar-refractivity contribution in [2.45, 2.75) is 0 Å². The van der Waals surface area contributed by atoms with Crippen LogP contribution in [0.4, 0.5) is 11.5 Å². The minimum absolute atomic E-state index is 0.290. The third kappa shape index (κ3) is 3.49. The SMILES string of the molecule is NNc1ncc(Br)cc1C(=O)Nc1ccc(Cl)c(Br)c1. The zero-order valence-corrected chi connectivity index (χ0v) is 13.9. The predicted molar refractivity (Wildman–Crippen MR) is 86.9 cm³/mol. The number of hydrazine groups is 1. The van der Waals surface area contributed by atoms with Gasteiger partial charge in [-0.1, -0.05) is 11.6 Å². The number of amides is 1. The maximum Gasteiger partial charge on any atom is 0.259 e. The standard InChI is InChI=1S/C12H9Br2ClN4O/c13-6-3-8(11(19-16)17-5-6)12(20)18-7-1-2-10(15)9(14)4-7/h1-5H,16H2,(H,17,19)(H,18,20). The third-order valence-electron chi connectivity index (χ3n) is 2.41. The Hall–Kier alpha value is -1.15. The number of hydrogen-bond donors (Lipinski definition) is 3. The van der Waals surface area contributed by atoms with Gasteiger partial charge in [0.1, 0.15) is 0 Å². The number of carbonyl (C=O) groups is 1. The van der Waals surface area contributed by atoms with Crippen LogP contribution in [0.25, 0.3) is 0 Å². The van der Waals surface area contributed by atoms with Gasteiger partial charge < -0.3 is 10.7 Å². The van der Waals surface area contributed by atoms with Crippen LogP contribution in [0, 0.1) is 0 Å². The summed E-state index contributed by atoms with van der Waals surface area (Å²) in [4.78, 5) is 16.2. The van der Waals surface area contributed by atoms with E-state index in [0.29, 0.717) is 31.0 Å². The number of halogens is 3. The summed E-state index contributed by atoms with van der Waals surface area (Å²) in [6.07, 6.45) is 1.55. The quantitative estimate of drug-likeness (QED) is 0.521. The second-order valence-electron chi connectivity index (χ2n) is 3.78. The molecule has 0 atom stereocenters. The molecule has 0 unspecified atom stereocenters. The van der Waals surface area contributed by atoms with E-state index in [0.717, 1.165) is 0 Å². The van der Waals surface area contributed by atoms with Gasteiger partial charge in [0.2, 0.25) is 0 Å². The van der Waals surface area contributed by atoms with Gasteiger partial charge in [0.05, 0.1) is 10.6 Å². The van der Waals surface area contributed by atoms with Gasteiger partial charge in [0.15, 0.2) is 5.82 Å². The van der Waals surface area contributed by atoms with Crippen molar-refractivity contribution in [3.8, 4) is 0 Å². The monoisotopic (exact) mass is 418 g/mol. The highest BCUT2D eigenvalue weighted by Crippen LogP contribution is 2.26. The van der Waals surface area contributed by atoms with E-state index in [1.54, 1.807) is 30.5 Å². The fourth-order valence-electron chi connectivity index (χ4n) is 1.50. The highest BCUT2D eigenvalue weighted by molar-refractivity contribution is 9.10. The maximum atomic E-state index is 12.2. The fraction of sp³-hybridized carbons (Fsp3) is 0. The number of nitrogen functional groups attached to an aromatic ring is 1. The Morgan fingerprint density at radius 1 is 1.30 bits per heavy atom. The fourth-order valence-corrected chi connectivity index (χ4v) is 2.33. The van der Waals surface area contributed by atoms with Crippen molar-refractivity contribution in [2.24, 2.45) is 5.84 Å². The lowest BCUT2D eigenvalue weighted by Gasteiger charge is -2.10. The number of anilines is 2. The van der Waals surface area contributed by atoms with E-state index >= 15 is 0 Å². The second kappa shape index (κ2) is 6.53. The maximum absolute atomic E-state index is 12.2. The van der Waals surface area contributed by atoms with Gasteiger partial charge in [0.25, 0.3) is 5.91 Å². The number of hydrogen-bond acceptors (Lipinski definition) is 4. The Bertz CT molecular complexity index is 666. The van der Waals surface area contributed by atoms with Crippen molar-refractivity contribution in [3.63, 3.8) is 0 Å². The molecule has 0 saturated heterocycles. The largest absolute Gasteiger partial charge is 0.322 e. The van der Waals surface area contributed by atoms with Crippen LogP contribution >= 0.6 is 43.5 Å². The second-order valence-corrected chi connectivity index (χ2v) is 5.95. The highest BCUT2D eigenvalue weighted by Gasteiger charge is 2.13. The molecule has 2 aromatic rings. The van der Waals surface area contributed by atoms with Gasteiger partial charge in [-0.25, -0.2) is 10.8 Å². The molecule has 1 aromatic heterocycles. The minimum Gasteiger partial charge on any atom is -0.322 e. The number of benzene rings is 1. The number of nitrogens with one attached hydrogen (secondary N) is 2. The Morgan fingerprint density at radius 2 is 2.05 bits per heavy atom. The van der Waals surface area contributed by atoms with Gasteiger partial charge in [-0.3, -0.25) is 4.79 Å². The number of rotatable bonds is 3. The summed E-state index contributed by atoms with van der Waals surface area (Å²) < 4.78 is 1.38. The molecule has 0 saturated carbocycles. The van der Waals surface area contributed by atoms with Crippen molar-refractivity contribution in [3.05, 3.63) is 50.0 Å². The van der Waals surface area contributed by atoms with E-state index in [-0.39, 0.29) is 5.91 Å². The number of nitrogens with zero attached hydrogens (tertiary/aromatic N) is 1. The van der Waals surface area contributed by atoms with E-state index in [1.165, 1.54) is 0 Å². The van der Waals surface area contributed by atoms with Crippen molar-refractivity contribution in [2.75, 3.05) is 10.7 Å². The lowest BCUT2D eigenvalue weighted by Crippen LogP contribution is -2.18. The average Bonchev–Trinajstić information content (AvgIpc) is 2.43. The van der Waals surface area contributed by atoms with Crippen molar-refractivity contribution < 1.29 is 4.79 Å². The van der Waals surface area contributed by atoms with Crippen LogP contribution < -0.4 is 16.6 Å². The normalized spacial score (nSPS) is 10.2. The Balaban J connectivity index is 2.27. The van der Waals surface area contributed by atoms with Crippen LogP contribution in [-0.2, 0) is 0 Å². The lowest BCUT2D eigenvalue weighted by atomic mass is 10.2. The molecule has 0 aliphatic carbocycles. The van der Waals surface area contributed by atoms with Crippen LogP contribution in [0.5, 0.6) is 0 Å². The average molecular weight is 420 g/mol.